The van der Waals surface area contributed by atoms with Gasteiger partial charge in [-0.15, -0.1) is 0 Å². The lowest BCUT2D eigenvalue weighted by atomic mass is 10.5. The molecule has 0 atom stereocenters. The molecule has 0 amide bonds. The number of rotatable bonds is 3. The van der Waals surface area contributed by atoms with Crippen LogP contribution < -0.4 is 5.73 Å². The Morgan fingerprint density at radius 3 is 2.75 bits per heavy atom. The third-order valence-corrected chi connectivity index (χ3v) is 0.574. The Hall–Kier alpha value is -0.570. The zero-order chi connectivity index (χ0) is 6.41. The third kappa shape index (κ3) is 3.61. The molecular weight excluding hydrogens is 106 g/mol. The van der Waals surface area contributed by atoms with E-state index < -0.39 is 0 Å². The molecule has 3 nitrogen and oxygen atoms in total. The van der Waals surface area contributed by atoms with E-state index in [0.29, 0.717) is 13.0 Å². The Bertz CT molecular complexity index is 72.8. The molecule has 47 valence electrons. The summed E-state index contributed by atoms with van der Waals surface area (Å²) in [5, 5.41) is 0. The van der Waals surface area contributed by atoms with Crippen LogP contribution in [0.4, 0.5) is 0 Å². The second-order valence-corrected chi connectivity index (χ2v) is 1.28. The molecule has 1 radical (unpaired) electrons. The molecule has 0 aromatic carbocycles. The lowest BCUT2D eigenvalue weighted by molar-refractivity contribution is -0.141. The number of ether oxygens (including phenoxy) is 1. The fraction of sp³-hybridized carbons (Fsp3) is 0.600. The largest absolute Gasteiger partial charge is 0.465 e. The molecule has 2 N–H and O–H groups in total. The first-order valence-electron chi connectivity index (χ1n) is 2.46. The van der Waals surface area contributed by atoms with Gasteiger partial charge < -0.3 is 10.5 Å². The highest BCUT2D eigenvalue weighted by atomic mass is 16.5. The smallest absolute Gasteiger partial charge is 0.319 e. The van der Waals surface area contributed by atoms with Gasteiger partial charge in [0.05, 0.1) is 13.2 Å². The van der Waals surface area contributed by atoms with Gasteiger partial charge in [0.2, 0.25) is 0 Å². The number of carbonyl (C=O) groups is 1. The fourth-order valence-corrected chi connectivity index (χ4v) is 0.245. The van der Waals surface area contributed by atoms with Crippen LogP contribution in [0.1, 0.15) is 6.42 Å². The van der Waals surface area contributed by atoms with Crippen LogP contribution in [0.15, 0.2) is 0 Å². The molecular formula is C5H10NO2. The first kappa shape index (κ1) is 7.43. The Morgan fingerprint density at radius 1 is 1.75 bits per heavy atom. The number of esters is 1. The van der Waals surface area contributed by atoms with Crippen molar-refractivity contribution in [2.75, 3.05) is 13.2 Å². The zero-order valence-corrected chi connectivity index (χ0v) is 4.72. The summed E-state index contributed by atoms with van der Waals surface area (Å²) in [4.78, 5) is 10.2. The van der Waals surface area contributed by atoms with Crippen LogP contribution in [0.3, 0.4) is 0 Å². The van der Waals surface area contributed by atoms with Crippen LogP contribution in [-0.4, -0.2) is 19.1 Å². The Labute approximate surface area is 48.8 Å². The van der Waals surface area contributed by atoms with Gasteiger partial charge in [0, 0.05) is 0 Å². The highest BCUT2D eigenvalue weighted by Gasteiger charge is 1.93. The number of hydrogen-bond acceptors (Lipinski definition) is 3. The molecule has 0 bridgehead atoms. The number of hydrogen-bond donors (Lipinski definition) is 1. The Balaban J connectivity index is 2.99. The van der Waals surface area contributed by atoms with E-state index in [2.05, 4.69) is 11.7 Å². The number of carbonyl (C=O) groups excluding carboxylic acids is 1. The molecule has 0 spiro atoms. The van der Waals surface area contributed by atoms with E-state index in [1.54, 1.807) is 0 Å². The average molecular weight is 116 g/mol. The summed E-state index contributed by atoms with van der Waals surface area (Å²) >= 11 is 0. The van der Waals surface area contributed by atoms with Crippen molar-refractivity contribution < 1.29 is 9.53 Å². The van der Waals surface area contributed by atoms with Gasteiger partial charge in [-0.05, 0) is 13.3 Å². The average Bonchev–Trinajstić information content (AvgIpc) is 1.83. The summed E-state index contributed by atoms with van der Waals surface area (Å²) in [7, 11) is 0. The molecule has 0 saturated heterocycles. The van der Waals surface area contributed by atoms with Gasteiger partial charge in [0.25, 0.3) is 0 Å². The van der Waals surface area contributed by atoms with Gasteiger partial charge in [-0.3, -0.25) is 4.79 Å². The molecule has 0 fully saturated rings. The van der Waals surface area contributed by atoms with Gasteiger partial charge in [-0.1, -0.05) is 0 Å². The van der Waals surface area contributed by atoms with Crippen molar-refractivity contribution in [1.82, 2.24) is 0 Å². The maximum absolute atomic E-state index is 10.2. The molecule has 0 unspecified atom stereocenters. The summed E-state index contributed by atoms with van der Waals surface area (Å²) < 4.78 is 4.51. The van der Waals surface area contributed by atoms with Crippen molar-refractivity contribution in [3.05, 3.63) is 6.92 Å². The summed E-state index contributed by atoms with van der Waals surface area (Å²) in [6, 6.07) is 0. The summed E-state index contributed by atoms with van der Waals surface area (Å²) in [5.74, 6) is -0.367. The van der Waals surface area contributed by atoms with Crippen LogP contribution in [0.2, 0.25) is 0 Å². The Kier molecular flexibility index (Phi) is 4.26. The summed E-state index contributed by atoms with van der Waals surface area (Å²) in [6.07, 6.45) is 0.603. The quantitative estimate of drug-likeness (QED) is 0.515. The van der Waals surface area contributed by atoms with E-state index in [1.165, 1.54) is 0 Å². The van der Waals surface area contributed by atoms with Crippen molar-refractivity contribution in [1.29, 1.82) is 0 Å². The second-order valence-electron chi connectivity index (χ2n) is 1.28. The lowest BCUT2D eigenvalue weighted by Crippen LogP contribution is -2.16. The lowest BCUT2D eigenvalue weighted by Gasteiger charge is -1.97. The summed E-state index contributed by atoms with van der Waals surface area (Å²) in [5.41, 5.74) is 4.92. The molecule has 3 heteroatoms. The fourth-order valence-electron chi connectivity index (χ4n) is 0.245. The van der Waals surface area contributed by atoms with Gasteiger partial charge in [-0.2, -0.15) is 0 Å². The zero-order valence-electron chi connectivity index (χ0n) is 4.72. The van der Waals surface area contributed by atoms with Gasteiger partial charge in [0.1, 0.15) is 0 Å². The normalized spacial score (nSPS) is 8.75. The molecule has 0 rings (SSSR count). The van der Waals surface area contributed by atoms with E-state index in [4.69, 9.17) is 5.73 Å². The van der Waals surface area contributed by atoms with Crippen LogP contribution in [0, 0.1) is 6.92 Å². The van der Waals surface area contributed by atoms with E-state index in [0.717, 1.165) is 0 Å². The topological polar surface area (TPSA) is 52.3 Å². The third-order valence-electron chi connectivity index (χ3n) is 0.574. The minimum absolute atomic E-state index is 0.0417. The SMILES string of the molecule is [CH2]CCOC(=O)CN. The van der Waals surface area contributed by atoms with Crippen molar-refractivity contribution in [3.8, 4) is 0 Å². The maximum Gasteiger partial charge on any atom is 0.319 e. The van der Waals surface area contributed by atoms with Gasteiger partial charge in [-0.25, -0.2) is 0 Å². The predicted molar refractivity (Wildman–Crippen MR) is 30.0 cm³/mol. The highest BCUT2D eigenvalue weighted by Crippen LogP contribution is 1.78. The van der Waals surface area contributed by atoms with Crippen molar-refractivity contribution >= 4 is 5.97 Å². The standard InChI is InChI=1S/C5H10NO2/c1-2-3-8-5(7)4-6/h1-4,6H2. The van der Waals surface area contributed by atoms with E-state index in [9.17, 15) is 4.79 Å². The van der Waals surface area contributed by atoms with E-state index in [1.807, 2.05) is 0 Å². The monoisotopic (exact) mass is 116 g/mol. The van der Waals surface area contributed by atoms with Gasteiger partial charge >= 0.3 is 5.97 Å². The van der Waals surface area contributed by atoms with Crippen LogP contribution >= 0.6 is 0 Å². The van der Waals surface area contributed by atoms with E-state index >= 15 is 0 Å². The number of nitrogens with two attached hydrogens (primary N) is 1. The van der Waals surface area contributed by atoms with Gasteiger partial charge in [0.15, 0.2) is 0 Å². The molecule has 0 aliphatic rings. The van der Waals surface area contributed by atoms with Crippen molar-refractivity contribution in [2.24, 2.45) is 5.73 Å². The molecule has 0 aromatic heterocycles. The Morgan fingerprint density at radius 2 is 2.38 bits per heavy atom. The van der Waals surface area contributed by atoms with Crippen molar-refractivity contribution in [2.45, 2.75) is 6.42 Å². The molecule has 8 heavy (non-hydrogen) atoms. The first-order valence-corrected chi connectivity index (χ1v) is 2.46. The second kappa shape index (κ2) is 4.59. The maximum atomic E-state index is 10.2. The molecule has 0 aromatic rings. The van der Waals surface area contributed by atoms with E-state index in [-0.39, 0.29) is 12.5 Å². The first-order chi connectivity index (χ1) is 3.81. The molecule has 0 aliphatic carbocycles. The van der Waals surface area contributed by atoms with Crippen LogP contribution in [-0.2, 0) is 9.53 Å². The van der Waals surface area contributed by atoms with Crippen LogP contribution in [0.25, 0.3) is 0 Å². The molecule has 0 saturated carbocycles. The summed E-state index contributed by atoms with van der Waals surface area (Å²) in [6.45, 7) is 3.80. The molecule has 0 aliphatic heterocycles. The predicted octanol–water partition coefficient (Wildman–Crippen LogP) is -0.288. The van der Waals surface area contributed by atoms with Crippen molar-refractivity contribution in [3.63, 3.8) is 0 Å². The minimum atomic E-state index is -0.367. The highest BCUT2D eigenvalue weighted by molar-refractivity contribution is 5.71. The van der Waals surface area contributed by atoms with Crippen LogP contribution in [0.5, 0.6) is 0 Å². The minimum Gasteiger partial charge on any atom is -0.465 e. The molecule has 0 heterocycles.